The molecule has 0 fully saturated rings. The maximum absolute atomic E-state index is 2.42. The van der Waals surface area contributed by atoms with Crippen LogP contribution in [0.3, 0.4) is 0 Å². The highest BCUT2D eigenvalue weighted by molar-refractivity contribution is 6.22. The summed E-state index contributed by atoms with van der Waals surface area (Å²) in [6, 6.07) is 84.6. The molecular weight excluding hydrogens is 697 g/mol. The molecule has 0 aliphatic rings. The van der Waals surface area contributed by atoms with Gasteiger partial charge in [-0.25, -0.2) is 0 Å². The summed E-state index contributed by atoms with van der Waals surface area (Å²) in [5, 5.41) is 10.1. The van der Waals surface area contributed by atoms with Crippen molar-refractivity contribution in [3.05, 3.63) is 231 Å². The van der Waals surface area contributed by atoms with E-state index in [4.69, 9.17) is 0 Å². The highest BCUT2D eigenvalue weighted by Crippen LogP contribution is 2.46. The Morgan fingerprint density at radius 1 is 0.172 bits per heavy atom. The maximum atomic E-state index is 2.42. The molecule has 0 saturated carbocycles. The van der Waals surface area contributed by atoms with Crippen LogP contribution in [0.4, 0.5) is 0 Å². The first-order valence-corrected chi connectivity index (χ1v) is 20.1. The normalized spacial score (nSPS) is 11.4. The largest absolute Gasteiger partial charge is 0.0622 e. The molecule has 0 spiro atoms. The van der Waals surface area contributed by atoms with E-state index in [0.717, 1.165) is 0 Å². The third-order valence-corrected chi connectivity index (χ3v) is 11.9. The number of rotatable bonds is 6. The molecule has 0 bridgehead atoms. The average Bonchev–Trinajstić information content (AvgIpc) is 3.30. The Morgan fingerprint density at radius 3 is 0.966 bits per heavy atom. The smallest absolute Gasteiger partial charge is 0.00259 e. The zero-order chi connectivity index (χ0) is 38.4. The molecule has 11 aromatic rings. The number of hydrogen-bond donors (Lipinski definition) is 0. The Labute approximate surface area is 339 Å². The van der Waals surface area contributed by atoms with E-state index in [9.17, 15) is 0 Å². The minimum atomic E-state index is 1.20. The Balaban J connectivity index is 1.09. The van der Waals surface area contributed by atoms with Crippen molar-refractivity contribution in [3.63, 3.8) is 0 Å². The van der Waals surface area contributed by atoms with Crippen molar-refractivity contribution in [2.75, 3.05) is 0 Å². The Morgan fingerprint density at radius 2 is 0.517 bits per heavy atom. The minimum absolute atomic E-state index is 1.20. The highest BCUT2D eigenvalue weighted by Gasteiger charge is 2.19. The van der Waals surface area contributed by atoms with Gasteiger partial charge in [0, 0.05) is 0 Å². The van der Waals surface area contributed by atoms with Crippen LogP contribution in [0.15, 0.2) is 231 Å². The van der Waals surface area contributed by atoms with E-state index in [0.29, 0.717) is 0 Å². The third kappa shape index (κ3) is 5.86. The number of benzene rings is 11. The SMILES string of the molecule is c1ccc(-c2c3ccc(-c4ccc(-c5cccc6ccccc56)cc4)cc3c(-c3ccccc3)c3cc(-c4ccc(-c5cccc6ccccc56)cc4)ccc23)cc1. The zero-order valence-corrected chi connectivity index (χ0v) is 31.9. The lowest BCUT2D eigenvalue weighted by Crippen LogP contribution is -1.92. The molecule has 0 nitrogen and oxygen atoms in total. The predicted octanol–water partition coefficient (Wildman–Crippen LogP) is 16.3. The number of hydrogen-bond acceptors (Lipinski definition) is 0. The minimum Gasteiger partial charge on any atom is -0.0622 e. The third-order valence-electron chi connectivity index (χ3n) is 11.9. The fourth-order valence-electron chi connectivity index (χ4n) is 9.06. The van der Waals surface area contributed by atoms with Crippen LogP contribution >= 0.6 is 0 Å². The summed E-state index contributed by atoms with van der Waals surface area (Å²) in [5.41, 5.74) is 14.7. The van der Waals surface area contributed by atoms with Crippen LogP contribution in [0.1, 0.15) is 0 Å². The van der Waals surface area contributed by atoms with Gasteiger partial charge in [0.25, 0.3) is 0 Å². The monoisotopic (exact) mass is 734 g/mol. The van der Waals surface area contributed by atoms with Crippen molar-refractivity contribution in [1.82, 2.24) is 0 Å². The fraction of sp³-hybridized carbons (Fsp3) is 0. The lowest BCUT2D eigenvalue weighted by atomic mass is 9.83. The predicted molar refractivity (Wildman–Crippen MR) is 249 cm³/mol. The van der Waals surface area contributed by atoms with Gasteiger partial charge >= 0.3 is 0 Å². The van der Waals surface area contributed by atoms with E-state index in [1.54, 1.807) is 0 Å². The molecule has 0 aliphatic heterocycles. The van der Waals surface area contributed by atoms with Crippen molar-refractivity contribution in [3.8, 4) is 66.8 Å². The van der Waals surface area contributed by atoms with Crippen molar-refractivity contribution in [2.24, 2.45) is 0 Å². The van der Waals surface area contributed by atoms with Gasteiger partial charge in [-0.2, -0.15) is 0 Å². The summed E-state index contributed by atoms with van der Waals surface area (Å²) in [5.74, 6) is 0. The van der Waals surface area contributed by atoms with Crippen molar-refractivity contribution < 1.29 is 0 Å². The molecule has 11 aromatic carbocycles. The van der Waals surface area contributed by atoms with Crippen LogP contribution in [0.2, 0.25) is 0 Å². The molecule has 0 aromatic heterocycles. The molecule has 0 atom stereocenters. The molecule has 58 heavy (non-hydrogen) atoms. The quantitative estimate of drug-likeness (QED) is 0.149. The van der Waals surface area contributed by atoms with Crippen LogP contribution in [0.25, 0.3) is 110 Å². The van der Waals surface area contributed by atoms with Crippen molar-refractivity contribution in [2.45, 2.75) is 0 Å². The lowest BCUT2D eigenvalue weighted by Gasteiger charge is -2.20. The van der Waals surface area contributed by atoms with Gasteiger partial charge in [-0.15, -0.1) is 0 Å². The molecule has 270 valence electrons. The van der Waals surface area contributed by atoms with E-state index in [2.05, 4.69) is 231 Å². The summed E-state index contributed by atoms with van der Waals surface area (Å²) in [6.07, 6.45) is 0. The summed E-state index contributed by atoms with van der Waals surface area (Å²) >= 11 is 0. The van der Waals surface area contributed by atoms with Gasteiger partial charge in [-0.3, -0.25) is 0 Å². The molecule has 0 unspecified atom stereocenters. The molecule has 0 heteroatoms. The summed E-state index contributed by atoms with van der Waals surface area (Å²) in [6.45, 7) is 0. The van der Waals surface area contributed by atoms with Gasteiger partial charge < -0.3 is 0 Å². The molecule has 0 heterocycles. The molecule has 0 N–H and O–H groups in total. The van der Waals surface area contributed by atoms with Crippen LogP contribution in [0.5, 0.6) is 0 Å². The molecule has 0 amide bonds. The Hall–Kier alpha value is -7.54. The van der Waals surface area contributed by atoms with E-state index >= 15 is 0 Å². The zero-order valence-electron chi connectivity index (χ0n) is 31.9. The van der Waals surface area contributed by atoms with Crippen LogP contribution < -0.4 is 0 Å². The van der Waals surface area contributed by atoms with E-state index < -0.39 is 0 Å². The Bertz CT molecular complexity index is 3090. The first-order chi connectivity index (χ1) is 28.8. The van der Waals surface area contributed by atoms with Gasteiger partial charge in [-0.05, 0) is 122 Å². The lowest BCUT2D eigenvalue weighted by molar-refractivity contribution is 1.60. The molecular formula is C58H38. The average molecular weight is 735 g/mol. The van der Waals surface area contributed by atoms with Crippen molar-refractivity contribution >= 4 is 43.1 Å². The summed E-state index contributed by atoms with van der Waals surface area (Å²) in [4.78, 5) is 0. The second-order valence-corrected chi connectivity index (χ2v) is 15.2. The fourth-order valence-corrected chi connectivity index (χ4v) is 9.06. The van der Waals surface area contributed by atoms with Gasteiger partial charge in [0.2, 0.25) is 0 Å². The van der Waals surface area contributed by atoms with Gasteiger partial charge in [0.1, 0.15) is 0 Å². The van der Waals surface area contributed by atoms with E-state index in [-0.39, 0.29) is 0 Å². The van der Waals surface area contributed by atoms with E-state index in [1.165, 1.54) is 110 Å². The first-order valence-electron chi connectivity index (χ1n) is 20.1. The molecule has 11 rings (SSSR count). The van der Waals surface area contributed by atoms with Crippen molar-refractivity contribution in [1.29, 1.82) is 0 Å². The van der Waals surface area contributed by atoms with Crippen LogP contribution in [0, 0.1) is 0 Å². The molecule has 0 aliphatic carbocycles. The maximum Gasteiger partial charge on any atom is -0.00259 e. The molecule has 0 saturated heterocycles. The standard InChI is InChI=1S/C58H38/c1-3-15-45(16-4-1)57-53-35-33-47(39-25-29-43(30-26-39)51-23-11-19-41-13-7-9-21-49(41)51)37-55(53)58(46-17-5-2-6-18-46)56-38-48(34-36-54(56)57)40-27-31-44(32-28-40)52-24-12-20-42-14-8-10-22-50(42)52/h1-38H. The highest BCUT2D eigenvalue weighted by atomic mass is 14.2. The second-order valence-electron chi connectivity index (χ2n) is 15.2. The molecule has 0 radical (unpaired) electrons. The van der Waals surface area contributed by atoms with Gasteiger partial charge in [0.05, 0.1) is 0 Å². The summed E-state index contributed by atoms with van der Waals surface area (Å²) in [7, 11) is 0. The van der Waals surface area contributed by atoms with Gasteiger partial charge in [0.15, 0.2) is 0 Å². The number of fused-ring (bicyclic) bond motifs is 4. The topological polar surface area (TPSA) is 0 Å². The first kappa shape index (κ1) is 33.8. The van der Waals surface area contributed by atoms with Crippen LogP contribution in [-0.2, 0) is 0 Å². The second kappa shape index (κ2) is 14.2. The van der Waals surface area contributed by atoms with E-state index in [1.807, 2.05) is 0 Å². The summed E-state index contributed by atoms with van der Waals surface area (Å²) < 4.78 is 0. The van der Waals surface area contributed by atoms with Gasteiger partial charge in [-0.1, -0.05) is 218 Å². The Kier molecular flexibility index (Phi) is 8.26. The van der Waals surface area contributed by atoms with Crippen LogP contribution in [-0.4, -0.2) is 0 Å².